The number of nitrogens with zero attached hydrogens (tertiary/aromatic N) is 3. The van der Waals surface area contributed by atoms with Gasteiger partial charge in [-0.25, -0.2) is 15.0 Å². The average molecular weight is 654 g/mol. The van der Waals surface area contributed by atoms with Crippen LogP contribution in [0.1, 0.15) is 22.9 Å². The summed E-state index contributed by atoms with van der Waals surface area (Å²) in [6.45, 7) is 0. The first-order chi connectivity index (χ1) is 25.2. The number of rotatable bonds is 5. The van der Waals surface area contributed by atoms with Crippen molar-refractivity contribution in [3.05, 3.63) is 193 Å². The van der Waals surface area contributed by atoms with Crippen LogP contribution < -0.4 is 4.74 Å². The van der Waals surface area contributed by atoms with Crippen LogP contribution in [0, 0.1) is 0 Å². The van der Waals surface area contributed by atoms with Crippen molar-refractivity contribution in [2.75, 3.05) is 0 Å². The first-order valence-corrected chi connectivity index (χ1v) is 17.3. The molecule has 0 radical (unpaired) electrons. The van der Waals surface area contributed by atoms with Crippen molar-refractivity contribution < 1.29 is 4.74 Å². The molecule has 51 heavy (non-hydrogen) atoms. The lowest BCUT2D eigenvalue weighted by Gasteiger charge is -2.25. The van der Waals surface area contributed by atoms with Crippen LogP contribution in [0.3, 0.4) is 0 Å². The Kier molecular flexibility index (Phi) is 6.91. The first kappa shape index (κ1) is 29.3. The Balaban J connectivity index is 1.14. The molecule has 2 atom stereocenters. The van der Waals surface area contributed by atoms with Crippen LogP contribution in [0.2, 0.25) is 0 Å². The lowest BCUT2D eigenvalue weighted by molar-refractivity contribution is 0.272. The van der Waals surface area contributed by atoms with E-state index in [1.54, 1.807) is 0 Å². The lowest BCUT2D eigenvalue weighted by Crippen LogP contribution is -2.22. The van der Waals surface area contributed by atoms with Crippen molar-refractivity contribution in [3.8, 4) is 39.7 Å². The van der Waals surface area contributed by atoms with Crippen molar-refractivity contribution >= 4 is 32.7 Å². The molecule has 2 heterocycles. The Morgan fingerprint density at radius 3 is 1.80 bits per heavy atom. The molecule has 2 unspecified atom stereocenters. The van der Waals surface area contributed by atoms with E-state index in [4.69, 9.17) is 19.7 Å². The van der Waals surface area contributed by atoms with Gasteiger partial charge in [0.2, 0.25) is 0 Å². The van der Waals surface area contributed by atoms with E-state index in [0.29, 0.717) is 17.5 Å². The van der Waals surface area contributed by atoms with Crippen LogP contribution >= 0.6 is 0 Å². The second kappa shape index (κ2) is 12.0. The Morgan fingerprint density at radius 1 is 0.431 bits per heavy atom. The average Bonchev–Trinajstić information content (AvgIpc) is 3.59. The van der Waals surface area contributed by atoms with E-state index in [1.165, 1.54) is 27.1 Å². The Bertz CT molecular complexity index is 2660. The predicted molar refractivity (Wildman–Crippen MR) is 207 cm³/mol. The number of benzene rings is 7. The zero-order chi connectivity index (χ0) is 33.7. The van der Waals surface area contributed by atoms with Crippen molar-refractivity contribution in [1.29, 1.82) is 0 Å². The van der Waals surface area contributed by atoms with Gasteiger partial charge < -0.3 is 4.74 Å². The summed E-state index contributed by atoms with van der Waals surface area (Å²) in [6, 6.07) is 57.1. The summed E-state index contributed by atoms with van der Waals surface area (Å²) in [5, 5.41) is 4.94. The molecule has 0 spiro atoms. The van der Waals surface area contributed by atoms with Crippen molar-refractivity contribution in [3.63, 3.8) is 0 Å². The van der Waals surface area contributed by atoms with Gasteiger partial charge in [-0.05, 0) is 68.1 Å². The fourth-order valence-electron chi connectivity index (χ4n) is 7.56. The summed E-state index contributed by atoms with van der Waals surface area (Å²) in [6.07, 6.45) is 4.33. The van der Waals surface area contributed by atoms with E-state index in [2.05, 4.69) is 146 Å². The van der Waals surface area contributed by atoms with Crippen molar-refractivity contribution in [2.24, 2.45) is 0 Å². The van der Waals surface area contributed by atoms with Gasteiger partial charge >= 0.3 is 0 Å². The predicted octanol–water partition coefficient (Wildman–Crippen LogP) is 11.2. The van der Waals surface area contributed by atoms with Gasteiger partial charge in [0.1, 0.15) is 11.9 Å². The first-order valence-electron chi connectivity index (χ1n) is 17.3. The molecule has 1 aliphatic carbocycles. The van der Waals surface area contributed by atoms with Gasteiger partial charge in [-0.2, -0.15) is 0 Å². The fraction of sp³-hybridized carbons (Fsp3) is 0.0426. The topological polar surface area (TPSA) is 47.9 Å². The highest BCUT2D eigenvalue weighted by Gasteiger charge is 2.40. The van der Waals surface area contributed by atoms with Crippen LogP contribution in [0.15, 0.2) is 176 Å². The van der Waals surface area contributed by atoms with Gasteiger partial charge in [0.05, 0.1) is 5.92 Å². The minimum Gasteiger partial charge on any atom is -0.485 e. The summed E-state index contributed by atoms with van der Waals surface area (Å²) in [4.78, 5) is 15.5. The molecule has 1 aromatic heterocycles. The highest BCUT2D eigenvalue weighted by molar-refractivity contribution is 6.08. The number of para-hydroxylation sites is 1. The maximum atomic E-state index is 6.66. The van der Waals surface area contributed by atoms with E-state index in [1.807, 2.05) is 30.3 Å². The van der Waals surface area contributed by atoms with Crippen LogP contribution in [0.5, 0.6) is 5.75 Å². The normalized spacial score (nSPS) is 16.2. The zero-order valence-electron chi connectivity index (χ0n) is 27.6. The Labute approximate surface area is 296 Å². The molecule has 240 valence electrons. The number of hydrogen-bond donors (Lipinski definition) is 0. The van der Waals surface area contributed by atoms with E-state index in [0.717, 1.165) is 44.7 Å². The van der Waals surface area contributed by atoms with Crippen LogP contribution in [-0.4, -0.2) is 21.1 Å². The van der Waals surface area contributed by atoms with Crippen molar-refractivity contribution in [2.45, 2.75) is 12.0 Å². The quantitative estimate of drug-likeness (QED) is 0.173. The SMILES string of the molecule is C1=C(c2ccc3c(ccc4ccccc43)c2)C=C(c2nc(-c3ccccc3)nc(-c3ccc(-c4ccccc4)cc3)n2)C2c3ccccc3OC12. The van der Waals surface area contributed by atoms with Crippen LogP contribution in [0.4, 0.5) is 0 Å². The molecular weight excluding hydrogens is 623 g/mol. The molecule has 4 heteroatoms. The van der Waals surface area contributed by atoms with Crippen LogP contribution in [0.25, 0.3) is 66.6 Å². The summed E-state index contributed by atoms with van der Waals surface area (Å²) in [7, 11) is 0. The molecule has 0 fully saturated rings. The fourth-order valence-corrected chi connectivity index (χ4v) is 7.56. The molecule has 2 aliphatic rings. The summed E-state index contributed by atoms with van der Waals surface area (Å²) >= 11 is 0. The molecule has 4 nitrogen and oxygen atoms in total. The number of aromatic nitrogens is 3. The number of fused-ring (bicyclic) bond motifs is 6. The standard InChI is InChI=1S/C47H31N3O/c1-3-11-30(12-4-1)31-19-22-34(23-20-31)46-48-45(33-14-5-2-6-15-33)49-47(50-46)41-28-37(29-43-44(41)40-17-9-10-18-42(40)51-43)35-25-26-39-36(27-35)24-21-32-13-7-8-16-38(32)39/h1-29,43-44H. The number of allylic oxidation sites excluding steroid dienone is 2. The molecule has 10 rings (SSSR count). The highest BCUT2D eigenvalue weighted by atomic mass is 16.5. The lowest BCUT2D eigenvalue weighted by atomic mass is 9.80. The third-order valence-corrected chi connectivity index (χ3v) is 10.1. The summed E-state index contributed by atoms with van der Waals surface area (Å²) in [5.41, 5.74) is 8.57. The van der Waals surface area contributed by atoms with E-state index < -0.39 is 0 Å². The van der Waals surface area contributed by atoms with Gasteiger partial charge in [0.25, 0.3) is 0 Å². The molecule has 8 aromatic rings. The third kappa shape index (κ3) is 5.20. The van der Waals surface area contributed by atoms with Gasteiger partial charge in [0, 0.05) is 22.3 Å². The molecule has 0 amide bonds. The minimum absolute atomic E-state index is 0.0614. The zero-order valence-corrected chi connectivity index (χ0v) is 27.6. The monoisotopic (exact) mass is 653 g/mol. The van der Waals surface area contributed by atoms with Gasteiger partial charge in [-0.1, -0.05) is 152 Å². The smallest absolute Gasteiger partial charge is 0.164 e. The van der Waals surface area contributed by atoms with E-state index >= 15 is 0 Å². The molecule has 0 N–H and O–H groups in total. The molecular formula is C47H31N3O. The van der Waals surface area contributed by atoms with Gasteiger partial charge in [-0.15, -0.1) is 0 Å². The van der Waals surface area contributed by atoms with Crippen molar-refractivity contribution in [1.82, 2.24) is 15.0 Å². The number of ether oxygens (including phenoxy) is 1. The Hall–Kier alpha value is -6.65. The second-order valence-electron chi connectivity index (χ2n) is 13.2. The largest absolute Gasteiger partial charge is 0.485 e. The molecule has 0 saturated carbocycles. The Morgan fingerprint density at radius 2 is 1.00 bits per heavy atom. The summed E-state index contributed by atoms with van der Waals surface area (Å²) < 4.78 is 6.66. The highest BCUT2D eigenvalue weighted by Crippen LogP contribution is 2.50. The maximum absolute atomic E-state index is 6.66. The maximum Gasteiger partial charge on any atom is 0.164 e. The molecule has 0 bridgehead atoms. The number of hydrogen-bond acceptors (Lipinski definition) is 4. The molecule has 0 saturated heterocycles. The molecule has 1 aliphatic heterocycles. The van der Waals surface area contributed by atoms with E-state index in [-0.39, 0.29) is 12.0 Å². The summed E-state index contributed by atoms with van der Waals surface area (Å²) in [5.74, 6) is 2.76. The second-order valence-corrected chi connectivity index (χ2v) is 13.2. The third-order valence-electron chi connectivity index (χ3n) is 10.1. The van der Waals surface area contributed by atoms with E-state index in [9.17, 15) is 0 Å². The van der Waals surface area contributed by atoms with Crippen LogP contribution in [-0.2, 0) is 0 Å². The minimum atomic E-state index is -0.199. The molecule has 7 aromatic carbocycles. The van der Waals surface area contributed by atoms with Gasteiger partial charge in [-0.3, -0.25) is 0 Å². The van der Waals surface area contributed by atoms with Gasteiger partial charge in [0.15, 0.2) is 17.5 Å².